The Balaban J connectivity index is 1.22. The van der Waals surface area contributed by atoms with Crippen LogP contribution in [0.5, 0.6) is 0 Å². The van der Waals surface area contributed by atoms with E-state index in [2.05, 4.69) is 45.4 Å². The fraction of sp³-hybridized carbons (Fsp3) is 0.258. The monoisotopic (exact) mass is 519 g/mol. The largest absolute Gasteiger partial charge is 0.378 e. The summed E-state index contributed by atoms with van der Waals surface area (Å²) in [6.45, 7) is 2.08. The van der Waals surface area contributed by atoms with Crippen molar-refractivity contribution in [3.63, 3.8) is 0 Å². The number of imidazole rings is 1. The normalized spacial score (nSPS) is 15.4. The smallest absolute Gasteiger partial charge is 0.321 e. The maximum atomic E-state index is 13.2. The van der Waals surface area contributed by atoms with E-state index in [9.17, 15) is 4.79 Å². The maximum Gasteiger partial charge on any atom is 0.321 e. The molecule has 0 radical (unpaired) electrons. The molecule has 0 unspecified atom stereocenters. The number of pyridine rings is 1. The molecule has 1 fully saturated rings. The van der Waals surface area contributed by atoms with E-state index in [4.69, 9.17) is 4.98 Å². The summed E-state index contributed by atoms with van der Waals surface area (Å²) in [5.74, 6) is 1.13. The van der Waals surface area contributed by atoms with Crippen LogP contribution in [-0.2, 0) is 6.54 Å². The fourth-order valence-electron chi connectivity index (χ4n) is 5.32. The first-order chi connectivity index (χ1) is 19.0. The Morgan fingerprint density at radius 1 is 1.03 bits per heavy atom. The molecule has 1 saturated heterocycles. The van der Waals surface area contributed by atoms with Crippen LogP contribution in [0, 0.1) is 0 Å². The highest BCUT2D eigenvalue weighted by atomic mass is 16.2. The van der Waals surface area contributed by atoms with E-state index in [1.54, 1.807) is 0 Å². The number of urea groups is 1. The number of hydrogen-bond donors (Lipinski definition) is 1. The van der Waals surface area contributed by atoms with Crippen molar-refractivity contribution in [2.24, 2.45) is 0 Å². The molecule has 0 spiro atoms. The van der Waals surface area contributed by atoms with Gasteiger partial charge in [0.25, 0.3) is 0 Å². The SMILES string of the molecule is CN(C)c1ccc(NC(=O)N2CCC[C@@H](c3nc(-c4cnn(Cc5ccccc5)c4)c4ccccn34)C2)cc1. The third-order valence-corrected chi connectivity index (χ3v) is 7.38. The number of piperidine rings is 1. The van der Waals surface area contributed by atoms with Gasteiger partial charge in [-0.2, -0.15) is 5.10 Å². The van der Waals surface area contributed by atoms with Crippen LogP contribution in [0.15, 0.2) is 91.4 Å². The standard InChI is InChI=1S/C31H33N7O/c1-35(2)27-15-13-26(14-16-27)33-31(39)36-17-8-11-24(21-36)30-34-29(28-12-6-7-18-38(28)30)25-19-32-37(22-25)20-23-9-4-3-5-10-23/h3-7,9-10,12-16,18-19,22,24H,8,11,17,20-21H2,1-2H3,(H,33,39)/t24-/m1/s1. The molecule has 2 amide bonds. The number of rotatable bonds is 6. The van der Waals surface area contributed by atoms with Gasteiger partial charge in [-0.1, -0.05) is 36.4 Å². The molecular weight excluding hydrogens is 486 g/mol. The second-order valence-electron chi connectivity index (χ2n) is 10.3. The number of hydrogen-bond acceptors (Lipinski definition) is 4. The van der Waals surface area contributed by atoms with E-state index in [1.165, 1.54) is 5.56 Å². The topological polar surface area (TPSA) is 70.7 Å². The zero-order valence-corrected chi connectivity index (χ0v) is 22.4. The number of aromatic nitrogens is 4. The molecule has 8 nitrogen and oxygen atoms in total. The number of anilines is 2. The molecule has 1 atom stereocenters. The lowest BCUT2D eigenvalue weighted by Gasteiger charge is -2.32. The number of carbonyl (C=O) groups is 1. The fourth-order valence-corrected chi connectivity index (χ4v) is 5.32. The second-order valence-corrected chi connectivity index (χ2v) is 10.3. The van der Waals surface area contributed by atoms with E-state index >= 15 is 0 Å². The number of amides is 2. The van der Waals surface area contributed by atoms with Crippen LogP contribution in [-0.4, -0.2) is 57.3 Å². The van der Waals surface area contributed by atoms with Gasteiger partial charge in [0.15, 0.2) is 0 Å². The quantitative estimate of drug-likeness (QED) is 0.311. The maximum absolute atomic E-state index is 13.2. The predicted octanol–water partition coefficient (Wildman–Crippen LogP) is 5.72. The Kier molecular flexibility index (Phi) is 6.75. The molecular formula is C31H33N7O. The van der Waals surface area contributed by atoms with E-state index in [0.29, 0.717) is 13.1 Å². The van der Waals surface area contributed by atoms with Gasteiger partial charge in [0.05, 0.1) is 24.0 Å². The van der Waals surface area contributed by atoms with Crippen LogP contribution in [0.1, 0.15) is 30.1 Å². The molecule has 0 saturated carbocycles. The van der Waals surface area contributed by atoms with E-state index < -0.39 is 0 Å². The Morgan fingerprint density at radius 2 is 1.82 bits per heavy atom. The molecule has 39 heavy (non-hydrogen) atoms. The lowest BCUT2D eigenvalue weighted by atomic mass is 9.97. The molecule has 6 rings (SSSR count). The molecule has 8 heteroatoms. The van der Waals surface area contributed by atoms with Crippen LogP contribution in [0.25, 0.3) is 16.8 Å². The minimum Gasteiger partial charge on any atom is -0.378 e. The van der Waals surface area contributed by atoms with Crippen LogP contribution in [0.3, 0.4) is 0 Å². The summed E-state index contributed by atoms with van der Waals surface area (Å²) < 4.78 is 4.13. The first-order valence-electron chi connectivity index (χ1n) is 13.4. The molecule has 3 aromatic heterocycles. The van der Waals surface area contributed by atoms with Crippen molar-refractivity contribution >= 4 is 22.9 Å². The summed E-state index contributed by atoms with van der Waals surface area (Å²) in [5, 5.41) is 7.68. The lowest BCUT2D eigenvalue weighted by Crippen LogP contribution is -2.42. The third kappa shape index (κ3) is 5.23. The van der Waals surface area contributed by atoms with Crippen LogP contribution >= 0.6 is 0 Å². The minimum absolute atomic E-state index is 0.0689. The van der Waals surface area contributed by atoms with Crippen LogP contribution < -0.4 is 10.2 Å². The molecule has 1 aliphatic heterocycles. The molecule has 2 aromatic carbocycles. The number of benzene rings is 2. The van der Waals surface area contributed by atoms with Gasteiger partial charge in [0.1, 0.15) is 5.82 Å². The van der Waals surface area contributed by atoms with E-state index in [0.717, 1.165) is 53.4 Å². The van der Waals surface area contributed by atoms with Crippen LogP contribution in [0.2, 0.25) is 0 Å². The lowest BCUT2D eigenvalue weighted by molar-refractivity contribution is 0.191. The average molecular weight is 520 g/mol. The molecule has 4 heterocycles. The second kappa shape index (κ2) is 10.6. The Morgan fingerprint density at radius 3 is 2.62 bits per heavy atom. The molecule has 0 aliphatic carbocycles. The molecule has 5 aromatic rings. The zero-order valence-electron chi connectivity index (χ0n) is 22.4. The van der Waals surface area contributed by atoms with Crippen molar-refractivity contribution in [2.45, 2.75) is 25.3 Å². The summed E-state index contributed by atoms with van der Waals surface area (Å²) >= 11 is 0. The molecule has 1 aliphatic rings. The Labute approximate surface area is 228 Å². The Hall–Kier alpha value is -4.59. The highest BCUT2D eigenvalue weighted by Gasteiger charge is 2.29. The van der Waals surface area contributed by atoms with E-state index in [-0.39, 0.29) is 11.9 Å². The summed E-state index contributed by atoms with van der Waals surface area (Å²) in [6.07, 6.45) is 7.95. The molecule has 0 bridgehead atoms. The average Bonchev–Trinajstić information content (AvgIpc) is 3.59. The zero-order chi connectivity index (χ0) is 26.8. The number of fused-ring (bicyclic) bond motifs is 1. The van der Waals surface area contributed by atoms with E-state index in [1.807, 2.05) is 89.4 Å². The summed E-state index contributed by atoms with van der Waals surface area (Å²) in [5.41, 5.74) is 6.07. The predicted molar refractivity (Wildman–Crippen MR) is 155 cm³/mol. The number of nitrogens with one attached hydrogen (secondary N) is 1. The number of nitrogens with zero attached hydrogens (tertiary/aromatic N) is 6. The van der Waals surface area contributed by atoms with Gasteiger partial charge >= 0.3 is 6.03 Å². The summed E-state index contributed by atoms with van der Waals surface area (Å²) in [4.78, 5) is 22.3. The van der Waals surface area contributed by atoms with Crippen molar-refractivity contribution in [2.75, 3.05) is 37.4 Å². The summed E-state index contributed by atoms with van der Waals surface area (Å²) in [6, 6.07) is 24.3. The van der Waals surface area contributed by atoms with Gasteiger partial charge in [-0.15, -0.1) is 0 Å². The first kappa shape index (κ1) is 24.7. The van der Waals surface area contributed by atoms with Crippen molar-refractivity contribution in [1.82, 2.24) is 24.1 Å². The highest BCUT2D eigenvalue weighted by molar-refractivity contribution is 5.89. The Bertz CT molecular complexity index is 1570. The van der Waals surface area contributed by atoms with Gasteiger partial charge in [-0.3, -0.25) is 4.68 Å². The van der Waals surface area contributed by atoms with Crippen molar-refractivity contribution in [1.29, 1.82) is 0 Å². The summed E-state index contributed by atoms with van der Waals surface area (Å²) in [7, 11) is 4.01. The van der Waals surface area contributed by atoms with Gasteiger partial charge < -0.3 is 19.5 Å². The van der Waals surface area contributed by atoms with Gasteiger partial charge in [-0.05, 0) is 54.8 Å². The minimum atomic E-state index is -0.0689. The van der Waals surface area contributed by atoms with Crippen molar-refractivity contribution in [3.05, 3.63) is 103 Å². The number of carbonyl (C=O) groups excluding carboxylic acids is 1. The first-order valence-corrected chi connectivity index (χ1v) is 13.4. The third-order valence-electron chi connectivity index (χ3n) is 7.38. The van der Waals surface area contributed by atoms with Crippen molar-refractivity contribution < 1.29 is 4.79 Å². The van der Waals surface area contributed by atoms with Crippen molar-refractivity contribution in [3.8, 4) is 11.3 Å². The molecule has 1 N–H and O–H groups in total. The van der Waals surface area contributed by atoms with Gasteiger partial charge in [0, 0.05) is 62.4 Å². The highest BCUT2D eigenvalue weighted by Crippen LogP contribution is 2.32. The van der Waals surface area contributed by atoms with Gasteiger partial charge in [0.2, 0.25) is 0 Å². The van der Waals surface area contributed by atoms with Gasteiger partial charge in [-0.25, -0.2) is 9.78 Å². The number of likely N-dealkylation sites (tertiary alicyclic amines) is 1. The van der Waals surface area contributed by atoms with Crippen LogP contribution in [0.4, 0.5) is 16.2 Å². The molecule has 198 valence electrons.